The first-order chi connectivity index (χ1) is 16.1. The van der Waals surface area contributed by atoms with Crippen LogP contribution in [-0.2, 0) is 14.3 Å². The third kappa shape index (κ3) is 10.9. The van der Waals surface area contributed by atoms with Crippen molar-refractivity contribution in [2.75, 3.05) is 13.7 Å². The number of carbonyl (C=O) groups excluding carboxylic acids is 2. The van der Waals surface area contributed by atoms with Crippen LogP contribution in [0.5, 0.6) is 0 Å². The molecule has 1 aliphatic carbocycles. The summed E-state index contributed by atoms with van der Waals surface area (Å²) in [6.45, 7) is 8.92. The Morgan fingerprint density at radius 3 is 2.38 bits per heavy atom. The average molecular weight is 477 g/mol. The minimum Gasteiger partial charge on any atom is -0.442 e. The number of alkyl carbamates (subject to hydrolysis) is 1. The Morgan fingerprint density at radius 1 is 1.12 bits per heavy atom. The molecule has 0 bridgehead atoms. The van der Waals surface area contributed by atoms with Crippen molar-refractivity contribution < 1.29 is 24.2 Å². The van der Waals surface area contributed by atoms with Crippen LogP contribution in [0.2, 0.25) is 0 Å². The van der Waals surface area contributed by atoms with E-state index in [2.05, 4.69) is 37.5 Å². The van der Waals surface area contributed by atoms with Crippen LogP contribution in [0.3, 0.4) is 0 Å². The van der Waals surface area contributed by atoms with Gasteiger partial charge >= 0.3 is 6.09 Å². The number of aliphatic hydroxyl groups is 1. The molecule has 0 aromatic heterocycles. The van der Waals surface area contributed by atoms with Gasteiger partial charge in [-0.15, -0.1) is 0 Å². The molecule has 0 aromatic rings. The van der Waals surface area contributed by atoms with Crippen molar-refractivity contribution in [2.24, 2.45) is 11.8 Å². The molecule has 34 heavy (non-hydrogen) atoms. The zero-order valence-corrected chi connectivity index (χ0v) is 21.5. The number of ether oxygens (including phenoxy) is 2. The third-order valence-corrected chi connectivity index (χ3v) is 6.48. The molecule has 2 amide bonds. The summed E-state index contributed by atoms with van der Waals surface area (Å²) in [5.74, 6) is 1.04. The second-order valence-corrected chi connectivity index (χ2v) is 10.3. The number of aliphatic hydroxyl groups excluding tert-OH is 1. The molecule has 7 nitrogen and oxygen atoms in total. The normalized spacial score (nSPS) is 27.1. The van der Waals surface area contributed by atoms with E-state index < -0.39 is 18.3 Å². The van der Waals surface area contributed by atoms with Gasteiger partial charge in [-0.25, -0.2) is 4.79 Å². The summed E-state index contributed by atoms with van der Waals surface area (Å²) in [5, 5.41) is 15.8. The highest BCUT2D eigenvalue weighted by Gasteiger charge is 2.45. The Balaban J connectivity index is 1.66. The molecule has 3 atom stereocenters. The second kappa shape index (κ2) is 13.7. The molecule has 2 fully saturated rings. The van der Waals surface area contributed by atoms with Crippen LogP contribution < -0.4 is 10.6 Å². The molecule has 1 aliphatic heterocycles. The highest BCUT2D eigenvalue weighted by Crippen LogP contribution is 2.38. The van der Waals surface area contributed by atoms with Crippen molar-refractivity contribution in [2.45, 2.75) is 96.5 Å². The van der Waals surface area contributed by atoms with E-state index in [0.29, 0.717) is 18.3 Å². The number of nitrogens with one attached hydrogen (secondary N) is 2. The van der Waals surface area contributed by atoms with Crippen molar-refractivity contribution in [1.82, 2.24) is 10.6 Å². The summed E-state index contributed by atoms with van der Waals surface area (Å²) < 4.78 is 10.6. The molecule has 0 radical (unpaired) electrons. The van der Waals surface area contributed by atoms with E-state index in [9.17, 15) is 14.7 Å². The summed E-state index contributed by atoms with van der Waals surface area (Å²) in [4.78, 5) is 23.3. The van der Waals surface area contributed by atoms with E-state index in [4.69, 9.17) is 9.47 Å². The van der Waals surface area contributed by atoms with Gasteiger partial charge in [-0.1, -0.05) is 37.6 Å². The fraction of sp³-hybridized carbons (Fsp3) is 0.704. The molecule has 1 heterocycles. The number of allylic oxidation sites excluding steroid dienone is 3. The average Bonchev–Trinajstić information content (AvgIpc) is 3.53. The van der Waals surface area contributed by atoms with Crippen LogP contribution in [0.4, 0.5) is 4.79 Å². The van der Waals surface area contributed by atoms with Gasteiger partial charge in [-0.05, 0) is 70.3 Å². The lowest BCUT2D eigenvalue weighted by Gasteiger charge is -2.28. The van der Waals surface area contributed by atoms with E-state index in [-0.39, 0.29) is 17.6 Å². The topological polar surface area (TPSA) is 100 Å². The Bertz CT molecular complexity index is 746. The predicted molar refractivity (Wildman–Crippen MR) is 134 cm³/mol. The molecular formula is C27H44N2O5. The summed E-state index contributed by atoms with van der Waals surface area (Å²) in [5.41, 5.74) is 1.05. The van der Waals surface area contributed by atoms with E-state index >= 15 is 0 Å². The highest BCUT2D eigenvalue weighted by molar-refractivity contribution is 5.87. The lowest BCUT2D eigenvalue weighted by molar-refractivity contribution is -0.117. The van der Waals surface area contributed by atoms with Gasteiger partial charge < -0.3 is 25.2 Å². The first-order valence-electron chi connectivity index (χ1n) is 12.6. The Kier molecular flexibility index (Phi) is 11.3. The monoisotopic (exact) mass is 476 g/mol. The minimum absolute atomic E-state index is 0.114. The van der Waals surface area contributed by atoms with Crippen LogP contribution in [0.1, 0.15) is 72.6 Å². The smallest absolute Gasteiger partial charge is 0.407 e. The maximum Gasteiger partial charge on any atom is 0.407 e. The number of rotatable bonds is 12. The Labute approximate surface area is 205 Å². The predicted octanol–water partition coefficient (Wildman–Crippen LogP) is 4.42. The molecule has 192 valence electrons. The summed E-state index contributed by atoms with van der Waals surface area (Å²) in [6, 6.07) is 0.187. The van der Waals surface area contributed by atoms with Crippen molar-refractivity contribution in [3.05, 3.63) is 36.0 Å². The number of hydrogen-bond donors (Lipinski definition) is 3. The van der Waals surface area contributed by atoms with Gasteiger partial charge in [0.1, 0.15) is 6.10 Å². The van der Waals surface area contributed by atoms with Crippen LogP contribution >= 0.6 is 0 Å². The standard InChI is InChI=1S/C27H44N2O5/c1-19(2)16-27(18-33-27)17-24(30)14-7-20(3)6-9-22-10-12-23(13-11-22)29-25(31)15-8-21(4)34-26(32)28-5/h6-8,14-15,19,21-24,30H,9-13,16-18H2,1-5H3,(H,28,32)(H,29,31). The largest absolute Gasteiger partial charge is 0.442 e. The van der Waals surface area contributed by atoms with Gasteiger partial charge in [0.05, 0.1) is 18.3 Å². The SMILES string of the molecule is CNC(=O)OC(C)C=CC(=O)NC1CCC(CC=C(C)C=CC(O)CC2(CC(C)C)CO2)CC1. The highest BCUT2D eigenvalue weighted by atomic mass is 16.6. The van der Waals surface area contributed by atoms with Gasteiger partial charge in [-0.3, -0.25) is 4.79 Å². The molecule has 1 saturated carbocycles. The van der Waals surface area contributed by atoms with Crippen molar-refractivity contribution in [3.63, 3.8) is 0 Å². The maximum atomic E-state index is 12.1. The Hall–Kier alpha value is -2.12. The maximum absolute atomic E-state index is 12.1. The van der Waals surface area contributed by atoms with Crippen LogP contribution in [0, 0.1) is 11.8 Å². The van der Waals surface area contributed by atoms with E-state index in [1.165, 1.54) is 18.7 Å². The number of epoxide rings is 1. The molecule has 3 N–H and O–H groups in total. The van der Waals surface area contributed by atoms with E-state index in [0.717, 1.165) is 45.1 Å². The van der Waals surface area contributed by atoms with E-state index in [1.807, 2.05) is 12.2 Å². The number of carbonyl (C=O) groups is 2. The lowest BCUT2D eigenvalue weighted by Crippen LogP contribution is -2.36. The molecule has 2 aliphatic rings. The zero-order chi connectivity index (χ0) is 25.1. The molecule has 2 rings (SSSR count). The van der Waals surface area contributed by atoms with Crippen molar-refractivity contribution >= 4 is 12.0 Å². The third-order valence-electron chi connectivity index (χ3n) is 6.48. The molecule has 7 heteroatoms. The zero-order valence-electron chi connectivity index (χ0n) is 21.5. The molecule has 3 unspecified atom stereocenters. The minimum atomic E-state index is -0.519. The number of amides is 2. The fourth-order valence-corrected chi connectivity index (χ4v) is 4.58. The summed E-state index contributed by atoms with van der Waals surface area (Å²) in [6.07, 6.45) is 14.5. The van der Waals surface area contributed by atoms with E-state index in [1.54, 1.807) is 13.0 Å². The van der Waals surface area contributed by atoms with Gasteiger partial charge in [0.2, 0.25) is 5.91 Å². The fourth-order valence-electron chi connectivity index (χ4n) is 4.58. The quantitative estimate of drug-likeness (QED) is 0.220. The van der Waals surface area contributed by atoms with Gasteiger partial charge in [-0.2, -0.15) is 0 Å². The van der Waals surface area contributed by atoms with Crippen LogP contribution in [0.15, 0.2) is 36.0 Å². The molecule has 1 saturated heterocycles. The molecule has 0 aromatic carbocycles. The van der Waals surface area contributed by atoms with Crippen molar-refractivity contribution in [3.8, 4) is 0 Å². The summed E-state index contributed by atoms with van der Waals surface area (Å²) in [7, 11) is 1.49. The molecule has 0 spiro atoms. The van der Waals surface area contributed by atoms with Crippen molar-refractivity contribution in [1.29, 1.82) is 0 Å². The molecular weight excluding hydrogens is 432 g/mol. The van der Waals surface area contributed by atoms with Gasteiger partial charge in [0.15, 0.2) is 0 Å². The van der Waals surface area contributed by atoms with Crippen LogP contribution in [-0.4, -0.2) is 54.6 Å². The lowest BCUT2D eigenvalue weighted by atomic mass is 9.83. The first kappa shape index (κ1) is 28.1. The first-order valence-corrected chi connectivity index (χ1v) is 12.6. The van der Waals surface area contributed by atoms with Gasteiger partial charge in [0.25, 0.3) is 0 Å². The van der Waals surface area contributed by atoms with Gasteiger partial charge in [0, 0.05) is 25.6 Å². The Morgan fingerprint density at radius 2 is 1.79 bits per heavy atom. The number of hydrogen-bond acceptors (Lipinski definition) is 5. The second-order valence-electron chi connectivity index (χ2n) is 10.3. The van der Waals surface area contributed by atoms with Crippen LogP contribution in [0.25, 0.3) is 0 Å². The summed E-state index contributed by atoms with van der Waals surface area (Å²) >= 11 is 0.